The van der Waals surface area contributed by atoms with Crippen LogP contribution < -0.4 is 10.5 Å². The normalized spacial score (nSPS) is 10.2. The van der Waals surface area contributed by atoms with Crippen molar-refractivity contribution in [3.63, 3.8) is 0 Å². The van der Waals surface area contributed by atoms with Crippen molar-refractivity contribution < 1.29 is 8.42 Å². The van der Waals surface area contributed by atoms with E-state index in [9.17, 15) is 8.42 Å². The number of hydrogen-bond donors (Lipinski definition) is 2. The molecule has 6 heteroatoms. The summed E-state index contributed by atoms with van der Waals surface area (Å²) in [5.41, 5.74) is 0. The Morgan fingerprint density at radius 2 is 2.22 bits per heavy atom. The van der Waals surface area contributed by atoms with E-state index in [-0.39, 0.29) is 12.3 Å². The lowest BCUT2D eigenvalue weighted by atomic mass is 10.8. The molecule has 0 bridgehead atoms. The molecule has 52 valence electrons. The van der Waals surface area contributed by atoms with Crippen molar-refractivity contribution in [1.29, 1.82) is 5.26 Å². The molecule has 5 nitrogen and oxygen atoms in total. The van der Waals surface area contributed by atoms with E-state index in [1.165, 1.54) is 0 Å². The maximum Gasteiger partial charge on any atom is 0.210 e. The predicted molar refractivity (Wildman–Crippen MR) is 31.6 cm³/mol. The minimum absolute atomic E-state index is 0.0787. The SMILES string of the molecule is N#CNCCS(N)(=O)=O. The lowest BCUT2D eigenvalue weighted by Gasteiger charge is -1.92. The summed E-state index contributed by atoms with van der Waals surface area (Å²) in [5.74, 6) is -0.208. The minimum atomic E-state index is -3.41. The minimum Gasteiger partial charge on any atom is -0.323 e. The van der Waals surface area contributed by atoms with Crippen molar-refractivity contribution in [2.75, 3.05) is 12.3 Å². The van der Waals surface area contributed by atoms with Gasteiger partial charge in [-0.15, -0.1) is 0 Å². The molecule has 0 rings (SSSR count). The molecule has 0 aliphatic heterocycles. The van der Waals surface area contributed by atoms with Crippen LogP contribution in [0.5, 0.6) is 0 Å². The van der Waals surface area contributed by atoms with Gasteiger partial charge < -0.3 is 5.32 Å². The third kappa shape index (κ3) is 7.20. The molecule has 0 aromatic rings. The molecule has 0 amide bonds. The highest BCUT2D eigenvalue weighted by molar-refractivity contribution is 7.89. The molecule has 0 aliphatic rings. The highest BCUT2D eigenvalue weighted by atomic mass is 32.2. The zero-order valence-electron chi connectivity index (χ0n) is 4.66. The van der Waals surface area contributed by atoms with Crippen LogP contribution in [0.2, 0.25) is 0 Å². The number of primary sulfonamides is 1. The van der Waals surface area contributed by atoms with Gasteiger partial charge in [0, 0.05) is 6.54 Å². The van der Waals surface area contributed by atoms with E-state index in [0.717, 1.165) is 0 Å². The monoisotopic (exact) mass is 149 g/mol. The van der Waals surface area contributed by atoms with Crippen LogP contribution in [0.15, 0.2) is 0 Å². The number of nitriles is 1. The van der Waals surface area contributed by atoms with Crippen molar-refractivity contribution in [2.45, 2.75) is 0 Å². The van der Waals surface area contributed by atoms with Crippen molar-refractivity contribution in [3.8, 4) is 6.19 Å². The van der Waals surface area contributed by atoms with Crippen LogP contribution in [0.3, 0.4) is 0 Å². The van der Waals surface area contributed by atoms with E-state index in [4.69, 9.17) is 5.26 Å². The molecule has 0 aliphatic carbocycles. The van der Waals surface area contributed by atoms with Gasteiger partial charge in [0.2, 0.25) is 10.0 Å². The second-order valence-electron chi connectivity index (χ2n) is 1.41. The summed E-state index contributed by atoms with van der Waals surface area (Å²) in [6.45, 7) is 0.0787. The van der Waals surface area contributed by atoms with E-state index < -0.39 is 10.0 Å². The second-order valence-corrected chi connectivity index (χ2v) is 3.14. The first-order valence-corrected chi connectivity index (χ1v) is 3.90. The maximum atomic E-state index is 10.1. The number of sulfonamides is 1. The number of rotatable bonds is 3. The van der Waals surface area contributed by atoms with Gasteiger partial charge in [-0.1, -0.05) is 0 Å². The fourth-order valence-electron chi connectivity index (χ4n) is 0.249. The van der Waals surface area contributed by atoms with Gasteiger partial charge in [0.05, 0.1) is 5.75 Å². The van der Waals surface area contributed by atoms with Crippen LogP contribution in [0.4, 0.5) is 0 Å². The van der Waals surface area contributed by atoms with Gasteiger partial charge in [-0.25, -0.2) is 13.6 Å². The summed E-state index contributed by atoms with van der Waals surface area (Å²) in [6, 6.07) is 0. The first-order chi connectivity index (χ1) is 4.06. The Morgan fingerprint density at radius 1 is 1.67 bits per heavy atom. The molecule has 0 radical (unpaired) electrons. The highest BCUT2D eigenvalue weighted by Crippen LogP contribution is 1.71. The topological polar surface area (TPSA) is 96.0 Å². The van der Waals surface area contributed by atoms with E-state index in [1.807, 2.05) is 0 Å². The molecule has 0 spiro atoms. The van der Waals surface area contributed by atoms with E-state index >= 15 is 0 Å². The molecule has 0 saturated heterocycles. The Morgan fingerprint density at radius 3 is 2.56 bits per heavy atom. The molecule has 0 heterocycles. The second kappa shape index (κ2) is 3.27. The van der Waals surface area contributed by atoms with E-state index in [2.05, 4.69) is 10.5 Å². The number of nitrogens with zero attached hydrogens (tertiary/aromatic N) is 1. The van der Waals surface area contributed by atoms with Crippen molar-refractivity contribution in [1.82, 2.24) is 5.32 Å². The third-order valence-corrected chi connectivity index (χ3v) is 1.36. The van der Waals surface area contributed by atoms with Gasteiger partial charge in [0.1, 0.15) is 0 Å². The summed E-state index contributed by atoms with van der Waals surface area (Å²) in [5, 5.41) is 14.6. The van der Waals surface area contributed by atoms with Crippen LogP contribution in [-0.4, -0.2) is 20.7 Å². The molecule has 0 fully saturated rings. The summed E-state index contributed by atoms with van der Waals surface area (Å²) >= 11 is 0. The Hall–Kier alpha value is -0.800. The smallest absolute Gasteiger partial charge is 0.210 e. The lowest BCUT2D eigenvalue weighted by Crippen LogP contribution is -2.24. The summed E-state index contributed by atoms with van der Waals surface area (Å²) in [7, 11) is -3.41. The molecule has 9 heavy (non-hydrogen) atoms. The van der Waals surface area contributed by atoms with Gasteiger partial charge in [-0.3, -0.25) is 0 Å². The molecule has 0 unspecified atom stereocenters. The van der Waals surface area contributed by atoms with E-state index in [1.54, 1.807) is 6.19 Å². The Kier molecular flexibility index (Phi) is 2.98. The van der Waals surface area contributed by atoms with Crippen LogP contribution in [0.25, 0.3) is 0 Å². The average molecular weight is 149 g/mol. The molecule has 0 saturated carbocycles. The Labute approximate surface area is 53.5 Å². The predicted octanol–water partition coefficient (Wildman–Crippen LogP) is -1.65. The summed E-state index contributed by atoms with van der Waals surface area (Å²) in [6.07, 6.45) is 1.57. The Bertz CT molecular complexity index is 202. The molecule has 3 N–H and O–H groups in total. The summed E-state index contributed by atoms with van der Waals surface area (Å²) < 4.78 is 20.3. The van der Waals surface area contributed by atoms with Crippen LogP contribution in [0.1, 0.15) is 0 Å². The third-order valence-electron chi connectivity index (χ3n) is 0.591. The average Bonchev–Trinajstić information content (AvgIpc) is 1.63. The van der Waals surface area contributed by atoms with Crippen molar-refractivity contribution >= 4 is 10.0 Å². The maximum absolute atomic E-state index is 10.1. The fourth-order valence-corrected chi connectivity index (χ4v) is 0.636. The summed E-state index contributed by atoms with van der Waals surface area (Å²) in [4.78, 5) is 0. The standard InChI is InChI=1S/C3H7N3O2S/c4-3-6-1-2-9(5,7)8/h6H,1-2H2,(H2,5,7,8). The van der Waals surface area contributed by atoms with Crippen LogP contribution >= 0.6 is 0 Å². The fraction of sp³-hybridized carbons (Fsp3) is 0.667. The van der Waals surface area contributed by atoms with E-state index in [0.29, 0.717) is 0 Å². The molecule has 0 atom stereocenters. The molecule has 0 aromatic heterocycles. The number of nitrogens with two attached hydrogens (primary N) is 1. The molecular formula is C3H7N3O2S. The zero-order chi connectivity index (χ0) is 7.33. The van der Waals surface area contributed by atoms with Crippen LogP contribution in [0, 0.1) is 11.5 Å². The van der Waals surface area contributed by atoms with Gasteiger partial charge in [-0.05, 0) is 0 Å². The van der Waals surface area contributed by atoms with Gasteiger partial charge >= 0.3 is 0 Å². The lowest BCUT2D eigenvalue weighted by molar-refractivity contribution is 0.596. The zero-order valence-corrected chi connectivity index (χ0v) is 5.48. The number of nitrogens with one attached hydrogen (secondary N) is 1. The highest BCUT2D eigenvalue weighted by Gasteiger charge is 1.98. The van der Waals surface area contributed by atoms with Gasteiger partial charge in [0.25, 0.3) is 0 Å². The molecular weight excluding hydrogens is 142 g/mol. The van der Waals surface area contributed by atoms with Crippen LogP contribution in [-0.2, 0) is 10.0 Å². The van der Waals surface area contributed by atoms with Gasteiger partial charge in [0.15, 0.2) is 6.19 Å². The number of hydrogen-bond acceptors (Lipinski definition) is 4. The van der Waals surface area contributed by atoms with Crippen molar-refractivity contribution in [3.05, 3.63) is 0 Å². The largest absolute Gasteiger partial charge is 0.323 e. The van der Waals surface area contributed by atoms with Gasteiger partial charge in [-0.2, -0.15) is 5.26 Å². The van der Waals surface area contributed by atoms with Crippen molar-refractivity contribution in [2.24, 2.45) is 5.14 Å². The molecule has 0 aromatic carbocycles. The quantitative estimate of drug-likeness (QED) is 0.285. The first kappa shape index (κ1) is 8.20. The Balaban J connectivity index is 3.44. The first-order valence-electron chi connectivity index (χ1n) is 2.18.